The standard InChI is InChI=1S/C28H32N2O4/c1-29-28(33)26-25-22(10-6-14-30-13-5-9-19(17-30)20-15-21(31)16-20)23(32)11-12-24(25)34-27(26)18-7-3-2-4-8-18/h2-4,7-8,11-12,19-20,32H,5-6,9-10,13-17H2,1H3,(H,29,33). The van der Waals surface area contributed by atoms with Crippen LogP contribution in [0.5, 0.6) is 5.75 Å². The maximum atomic E-state index is 12.9. The van der Waals surface area contributed by atoms with Crippen molar-refractivity contribution in [3.8, 4) is 17.1 Å². The summed E-state index contributed by atoms with van der Waals surface area (Å²) in [6.45, 7) is 3.08. The van der Waals surface area contributed by atoms with Crippen LogP contribution in [-0.2, 0) is 11.2 Å². The van der Waals surface area contributed by atoms with E-state index in [0.717, 1.165) is 50.0 Å². The summed E-state index contributed by atoms with van der Waals surface area (Å²) in [5.74, 6) is 2.11. The molecule has 2 N–H and O–H groups in total. The van der Waals surface area contributed by atoms with E-state index in [1.165, 1.54) is 12.8 Å². The van der Waals surface area contributed by atoms with Gasteiger partial charge in [0.15, 0.2) is 0 Å². The van der Waals surface area contributed by atoms with Gasteiger partial charge in [-0.3, -0.25) is 9.59 Å². The van der Waals surface area contributed by atoms with Crippen LogP contribution in [0.25, 0.3) is 22.3 Å². The molecule has 0 spiro atoms. The van der Waals surface area contributed by atoms with Crippen LogP contribution in [0.15, 0.2) is 46.9 Å². The molecule has 2 fully saturated rings. The van der Waals surface area contributed by atoms with Crippen molar-refractivity contribution in [2.24, 2.45) is 11.8 Å². The third-order valence-corrected chi connectivity index (χ3v) is 7.52. The van der Waals surface area contributed by atoms with E-state index in [0.29, 0.717) is 46.3 Å². The summed E-state index contributed by atoms with van der Waals surface area (Å²) >= 11 is 0. The molecular weight excluding hydrogens is 428 g/mol. The molecule has 2 heterocycles. The first-order valence-corrected chi connectivity index (χ1v) is 12.3. The molecule has 0 radical (unpaired) electrons. The number of benzene rings is 2. The number of phenolic OH excluding ortho intramolecular Hbond substituents is 1. The number of amides is 1. The SMILES string of the molecule is CNC(=O)c1c(-c2ccccc2)oc2ccc(O)c(CCCN3CCCC(C4CC(=O)C4)C3)c12. The molecule has 0 bridgehead atoms. The van der Waals surface area contributed by atoms with E-state index in [-0.39, 0.29) is 11.7 Å². The Morgan fingerprint density at radius 1 is 1.15 bits per heavy atom. The van der Waals surface area contributed by atoms with Gasteiger partial charge >= 0.3 is 0 Å². The molecule has 1 saturated heterocycles. The van der Waals surface area contributed by atoms with Gasteiger partial charge < -0.3 is 19.7 Å². The summed E-state index contributed by atoms with van der Waals surface area (Å²) in [6.07, 6.45) is 5.47. The quantitative estimate of drug-likeness (QED) is 0.530. The Bertz CT molecular complexity index is 1190. The third-order valence-electron chi connectivity index (χ3n) is 7.52. The number of carbonyl (C=O) groups is 2. The van der Waals surface area contributed by atoms with Crippen molar-refractivity contribution in [1.82, 2.24) is 10.2 Å². The molecule has 5 rings (SSSR count). The minimum Gasteiger partial charge on any atom is -0.508 e. The summed E-state index contributed by atoms with van der Waals surface area (Å²) in [5, 5.41) is 14.2. The van der Waals surface area contributed by atoms with Crippen molar-refractivity contribution in [3.05, 3.63) is 53.6 Å². The number of piperidine rings is 1. The highest BCUT2D eigenvalue weighted by atomic mass is 16.3. The Morgan fingerprint density at radius 3 is 2.68 bits per heavy atom. The Kier molecular flexibility index (Phi) is 6.42. The number of phenols is 1. The second-order valence-electron chi connectivity index (χ2n) is 9.70. The topological polar surface area (TPSA) is 82.8 Å². The fourth-order valence-corrected chi connectivity index (χ4v) is 5.65. The molecular formula is C28H32N2O4. The number of furan rings is 1. The van der Waals surface area contributed by atoms with Gasteiger partial charge in [0.05, 0.1) is 5.56 Å². The average Bonchev–Trinajstić information content (AvgIpc) is 3.23. The van der Waals surface area contributed by atoms with E-state index >= 15 is 0 Å². The van der Waals surface area contributed by atoms with Gasteiger partial charge in [-0.2, -0.15) is 0 Å². The summed E-state index contributed by atoms with van der Waals surface area (Å²) in [6, 6.07) is 13.0. The van der Waals surface area contributed by atoms with Crippen molar-refractivity contribution in [1.29, 1.82) is 0 Å². The third kappa shape index (κ3) is 4.34. The van der Waals surface area contributed by atoms with Gasteiger partial charge in [-0.1, -0.05) is 30.3 Å². The van der Waals surface area contributed by atoms with E-state index in [4.69, 9.17) is 4.42 Å². The van der Waals surface area contributed by atoms with Crippen LogP contribution in [-0.4, -0.2) is 48.4 Å². The molecule has 178 valence electrons. The van der Waals surface area contributed by atoms with E-state index in [2.05, 4.69) is 10.2 Å². The molecule has 1 atom stereocenters. The molecule has 2 aromatic carbocycles. The lowest BCUT2D eigenvalue weighted by Crippen LogP contribution is -2.42. The van der Waals surface area contributed by atoms with E-state index < -0.39 is 0 Å². The molecule has 34 heavy (non-hydrogen) atoms. The molecule has 6 heteroatoms. The molecule has 1 aliphatic carbocycles. The smallest absolute Gasteiger partial charge is 0.255 e. The minimum atomic E-state index is -0.224. The van der Waals surface area contributed by atoms with Crippen LogP contribution in [0, 0.1) is 11.8 Å². The van der Waals surface area contributed by atoms with E-state index in [1.54, 1.807) is 19.2 Å². The number of carbonyl (C=O) groups excluding carboxylic acids is 2. The summed E-state index contributed by atoms with van der Waals surface area (Å²) in [7, 11) is 1.61. The fraction of sp³-hybridized carbons (Fsp3) is 0.429. The maximum absolute atomic E-state index is 12.9. The normalized spacial score (nSPS) is 19.3. The Balaban J connectivity index is 1.38. The molecule has 3 aromatic rings. The molecule has 1 unspecified atom stereocenters. The number of Topliss-reactive ketones (excluding diaryl/α,β-unsaturated/α-hetero) is 1. The molecule has 1 saturated carbocycles. The molecule has 2 aliphatic rings. The maximum Gasteiger partial charge on any atom is 0.255 e. The number of aryl methyl sites for hydroxylation is 1. The van der Waals surface area contributed by atoms with Crippen LogP contribution in [0.3, 0.4) is 0 Å². The fourth-order valence-electron chi connectivity index (χ4n) is 5.65. The summed E-state index contributed by atoms with van der Waals surface area (Å²) < 4.78 is 6.16. The van der Waals surface area contributed by atoms with Crippen LogP contribution in [0.2, 0.25) is 0 Å². The van der Waals surface area contributed by atoms with E-state index in [1.807, 2.05) is 30.3 Å². The van der Waals surface area contributed by atoms with Crippen molar-refractivity contribution in [2.75, 3.05) is 26.7 Å². The van der Waals surface area contributed by atoms with Crippen molar-refractivity contribution in [2.45, 2.75) is 38.5 Å². The van der Waals surface area contributed by atoms with E-state index in [9.17, 15) is 14.7 Å². The van der Waals surface area contributed by atoms with Gasteiger partial charge in [0.1, 0.15) is 22.9 Å². The number of likely N-dealkylation sites (tertiary alicyclic amines) is 1. The largest absolute Gasteiger partial charge is 0.508 e. The Labute approximate surface area is 199 Å². The number of aromatic hydroxyl groups is 1. The van der Waals surface area contributed by atoms with Gasteiger partial charge in [0.25, 0.3) is 5.91 Å². The number of nitrogens with zero attached hydrogens (tertiary/aromatic N) is 1. The lowest BCUT2D eigenvalue weighted by molar-refractivity contribution is -0.129. The molecule has 1 aromatic heterocycles. The van der Waals surface area contributed by atoms with Crippen LogP contribution in [0.1, 0.15) is 48.0 Å². The zero-order valence-corrected chi connectivity index (χ0v) is 19.7. The number of ketones is 1. The van der Waals surface area contributed by atoms with Crippen molar-refractivity contribution in [3.63, 3.8) is 0 Å². The van der Waals surface area contributed by atoms with Gasteiger partial charge in [0, 0.05) is 42.9 Å². The minimum absolute atomic E-state index is 0.197. The van der Waals surface area contributed by atoms with Crippen LogP contribution >= 0.6 is 0 Å². The molecule has 1 amide bonds. The summed E-state index contributed by atoms with van der Waals surface area (Å²) in [4.78, 5) is 26.9. The van der Waals surface area contributed by atoms with Gasteiger partial charge in [-0.15, -0.1) is 0 Å². The number of nitrogens with one attached hydrogen (secondary N) is 1. The van der Waals surface area contributed by atoms with Gasteiger partial charge in [-0.05, 0) is 62.7 Å². The second-order valence-corrected chi connectivity index (χ2v) is 9.70. The van der Waals surface area contributed by atoms with Crippen LogP contribution in [0.4, 0.5) is 0 Å². The second kappa shape index (κ2) is 9.63. The Morgan fingerprint density at radius 2 is 1.94 bits per heavy atom. The number of hydrogen-bond acceptors (Lipinski definition) is 5. The highest BCUT2D eigenvalue weighted by Crippen LogP contribution is 2.39. The summed E-state index contributed by atoms with van der Waals surface area (Å²) in [5.41, 5.74) is 2.68. The predicted molar refractivity (Wildman–Crippen MR) is 132 cm³/mol. The first kappa shape index (κ1) is 22.7. The predicted octanol–water partition coefficient (Wildman–Crippen LogP) is 4.79. The zero-order valence-electron chi connectivity index (χ0n) is 19.7. The highest BCUT2D eigenvalue weighted by Gasteiger charge is 2.35. The van der Waals surface area contributed by atoms with Crippen molar-refractivity contribution < 1.29 is 19.1 Å². The van der Waals surface area contributed by atoms with Crippen LogP contribution < -0.4 is 5.32 Å². The van der Waals surface area contributed by atoms with Gasteiger partial charge in [-0.25, -0.2) is 0 Å². The number of fused-ring (bicyclic) bond motifs is 1. The van der Waals surface area contributed by atoms with Gasteiger partial charge in [0.2, 0.25) is 0 Å². The lowest BCUT2D eigenvalue weighted by atomic mass is 9.72. The molecule has 1 aliphatic heterocycles. The first-order valence-electron chi connectivity index (χ1n) is 12.3. The zero-order chi connectivity index (χ0) is 23.7. The molecule has 6 nitrogen and oxygen atoms in total. The van der Waals surface area contributed by atoms with Crippen molar-refractivity contribution >= 4 is 22.7 Å². The Hall–Kier alpha value is -3.12. The monoisotopic (exact) mass is 460 g/mol. The first-order chi connectivity index (χ1) is 16.5. The number of rotatable bonds is 7. The average molecular weight is 461 g/mol. The highest BCUT2D eigenvalue weighted by molar-refractivity contribution is 6.12. The lowest BCUT2D eigenvalue weighted by Gasteiger charge is -2.40. The number of hydrogen-bond donors (Lipinski definition) is 2.